The maximum absolute atomic E-state index is 17.6. The summed E-state index contributed by atoms with van der Waals surface area (Å²) in [6.45, 7) is 13.8. The van der Waals surface area contributed by atoms with Gasteiger partial charge in [0.05, 0.1) is 30.5 Å². The number of carbonyl (C=O) groups excluding carboxylic acids is 1. The number of alkyl halides is 1. The van der Waals surface area contributed by atoms with Gasteiger partial charge in [-0.3, -0.25) is 4.90 Å². The van der Waals surface area contributed by atoms with Crippen LogP contribution in [-0.4, -0.2) is 109 Å². The Balaban J connectivity index is 1.31. The van der Waals surface area contributed by atoms with Crippen molar-refractivity contribution in [3.8, 4) is 28.8 Å². The first-order valence-electron chi connectivity index (χ1n) is 20.9. The highest BCUT2D eigenvalue weighted by atomic mass is 35.5. The first kappa shape index (κ1) is 44.6. The van der Waals surface area contributed by atoms with E-state index < -0.39 is 23.7 Å². The van der Waals surface area contributed by atoms with Crippen LogP contribution < -0.4 is 24.0 Å². The molecule has 2 aliphatic heterocycles. The number of hydrogen-bond acceptors (Lipinski definition) is 11. The second kappa shape index (κ2) is 18.5. The first-order valence-corrected chi connectivity index (χ1v) is 21.3. The largest absolute Gasteiger partial charge is 0.497 e. The van der Waals surface area contributed by atoms with Gasteiger partial charge in [0.2, 0.25) is 0 Å². The number of amides is 1. The minimum Gasteiger partial charge on any atom is -0.497 e. The molecule has 2 saturated heterocycles. The number of anilines is 2. The van der Waals surface area contributed by atoms with Crippen molar-refractivity contribution in [1.29, 1.82) is 0 Å². The minimum atomic E-state index is -0.968. The predicted molar refractivity (Wildman–Crippen MR) is 239 cm³/mol. The second-order valence-corrected chi connectivity index (χ2v) is 17.7. The quantitative estimate of drug-likeness (QED) is 0.120. The van der Waals surface area contributed by atoms with Gasteiger partial charge >= 0.3 is 12.1 Å². The molecule has 0 N–H and O–H groups in total. The Morgan fingerprint density at radius 3 is 2.10 bits per heavy atom. The summed E-state index contributed by atoms with van der Waals surface area (Å²) in [5.74, 6) is 1.87. The number of likely N-dealkylation sites (N-methyl/N-ethyl adjacent to an activating group) is 1. The van der Waals surface area contributed by atoms with E-state index in [0.717, 1.165) is 33.8 Å². The lowest BCUT2D eigenvalue weighted by atomic mass is 10.00. The van der Waals surface area contributed by atoms with Crippen LogP contribution in [0.25, 0.3) is 22.2 Å². The molecule has 0 saturated carbocycles. The van der Waals surface area contributed by atoms with Crippen molar-refractivity contribution >= 4 is 40.2 Å². The molecule has 1 amide bonds. The van der Waals surface area contributed by atoms with Gasteiger partial charge in [-0.05, 0) is 114 Å². The summed E-state index contributed by atoms with van der Waals surface area (Å²) >= 11 is 7.17. The molecule has 0 spiro atoms. The molecule has 5 aromatic rings. The second-order valence-electron chi connectivity index (χ2n) is 17.3. The number of fused-ring (bicyclic) bond motifs is 1. The molecular weight excluding hydrogens is 816 g/mol. The normalized spacial score (nSPS) is 18.3. The summed E-state index contributed by atoms with van der Waals surface area (Å²) in [5.41, 5.74) is 3.54. The summed E-state index contributed by atoms with van der Waals surface area (Å²) in [6, 6.07) is 18.9. The Morgan fingerprint density at radius 2 is 1.55 bits per heavy atom. The van der Waals surface area contributed by atoms with Gasteiger partial charge in [-0.25, -0.2) is 18.6 Å². The molecule has 3 aromatic carbocycles. The van der Waals surface area contributed by atoms with Gasteiger partial charge in [-0.2, -0.15) is 9.97 Å². The topological polar surface area (TPSA) is 106 Å². The summed E-state index contributed by atoms with van der Waals surface area (Å²) in [5, 5.41) is 0.522. The lowest BCUT2D eigenvalue weighted by Crippen LogP contribution is -2.55. The van der Waals surface area contributed by atoms with Crippen LogP contribution >= 0.6 is 11.6 Å². The molecule has 3 atom stereocenters. The number of carbonyl (C=O) groups is 1. The van der Waals surface area contributed by atoms with Crippen molar-refractivity contribution in [1.82, 2.24) is 24.8 Å². The van der Waals surface area contributed by atoms with Crippen LogP contribution in [0.4, 0.5) is 25.2 Å². The number of halogens is 3. The Labute approximate surface area is 367 Å². The van der Waals surface area contributed by atoms with Gasteiger partial charge in [0.1, 0.15) is 47.0 Å². The summed E-state index contributed by atoms with van der Waals surface area (Å²) in [6.07, 6.45) is -1.06. The highest BCUT2D eigenvalue weighted by molar-refractivity contribution is 6.34. The lowest BCUT2D eigenvalue weighted by molar-refractivity contribution is 0.0218. The SMILES string of the molecule is COc1ccc(CN(Cc2ccc(OC)cc2)c2cc(C)c(C)c(-c3c(Cl)cc4c(N5CCN(C(=O)OC(C)(C)C)C[C@@H]5C)nc(OC[C@@H]5C[C@@H](F)CN5C)nc4c3F)n2)cc1. The molecular formula is C47H56ClF2N7O5. The van der Waals surface area contributed by atoms with Crippen molar-refractivity contribution in [2.45, 2.75) is 84.9 Å². The standard InChI is InChI=1S/C47H56ClF2N7O5/c1-28-20-39(56(24-31-10-14-35(59-8)15-11-31)25-32-12-16-36(60-9)17-13-32)51-42(30(28)3)40-38(48)22-37-43(41(40)50)52-45(61-27-34-21-33(49)26-54(34)7)53-44(37)57-19-18-55(23-29(57)2)46(58)62-47(4,5)6/h10-17,20,22,29,33-34H,18-19,21,23-27H2,1-9H3/t29-,33+,34-/m0/s1. The molecule has 2 aliphatic rings. The fourth-order valence-corrected chi connectivity index (χ4v) is 8.33. The van der Waals surface area contributed by atoms with Gasteiger partial charge < -0.3 is 33.6 Å². The number of hydrogen-bond donors (Lipinski definition) is 0. The summed E-state index contributed by atoms with van der Waals surface area (Å²) in [4.78, 5) is 35.5. The molecule has 0 bridgehead atoms. The van der Waals surface area contributed by atoms with Gasteiger partial charge in [0.15, 0.2) is 5.82 Å². The number of benzene rings is 3. The Morgan fingerprint density at radius 1 is 0.919 bits per heavy atom. The number of pyridine rings is 1. The fraction of sp³-hybridized carbons (Fsp3) is 0.447. The zero-order valence-corrected chi connectivity index (χ0v) is 37.7. The zero-order chi connectivity index (χ0) is 44.5. The highest BCUT2D eigenvalue weighted by Crippen LogP contribution is 2.41. The maximum atomic E-state index is 17.6. The van der Waals surface area contributed by atoms with Gasteiger partial charge in [-0.1, -0.05) is 35.9 Å². The predicted octanol–water partition coefficient (Wildman–Crippen LogP) is 9.19. The van der Waals surface area contributed by atoms with E-state index in [-0.39, 0.29) is 40.8 Å². The molecule has 0 unspecified atom stereocenters. The Bertz CT molecular complexity index is 2350. The molecule has 15 heteroatoms. The monoisotopic (exact) mass is 871 g/mol. The molecule has 4 heterocycles. The van der Waals surface area contributed by atoms with Gasteiger partial charge in [-0.15, -0.1) is 0 Å². The van der Waals surface area contributed by atoms with E-state index in [4.69, 9.17) is 40.5 Å². The van der Waals surface area contributed by atoms with Crippen LogP contribution in [0.1, 0.15) is 56.4 Å². The highest BCUT2D eigenvalue weighted by Gasteiger charge is 2.34. The lowest BCUT2D eigenvalue weighted by Gasteiger charge is -2.41. The van der Waals surface area contributed by atoms with E-state index >= 15 is 4.39 Å². The first-order chi connectivity index (χ1) is 29.5. The number of ether oxygens (including phenoxy) is 4. The van der Waals surface area contributed by atoms with Gasteiger partial charge in [0, 0.05) is 56.7 Å². The van der Waals surface area contributed by atoms with Crippen molar-refractivity contribution < 1.29 is 32.5 Å². The van der Waals surface area contributed by atoms with Crippen LogP contribution in [0.3, 0.4) is 0 Å². The van der Waals surface area contributed by atoms with E-state index in [2.05, 4.69) is 9.88 Å². The maximum Gasteiger partial charge on any atom is 0.410 e. The molecule has 0 aliphatic carbocycles. The molecule has 2 fully saturated rings. The number of rotatable bonds is 12. The van der Waals surface area contributed by atoms with Gasteiger partial charge in [0.25, 0.3) is 0 Å². The number of aromatic nitrogens is 3. The number of likely N-dealkylation sites (tertiary alicyclic amines) is 1. The fourth-order valence-electron chi connectivity index (χ4n) is 8.05. The zero-order valence-electron chi connectivity index (χ0n) is 37.0. The third-order valence-corrected chi connectivity index (χ3v) is 11.9. The molecule has 7 rings (SSSR count). The molecule has 0 radical (unpaired) electrons. The van der Waals surface area contributed by atoms with Crippen LogP contribution in [0.5, 0.6) is 17.5 Å². The molecule has 62 heavy (non-hydrogen) atoms. The van der Waals surface area contributed by atoms with E-state index in [1.165, 1.54) is 0 Å². The number of nitrogens with zero attached hydrogens (tertiary/aromatic N) is 7. The van der Waals surface area contributed by atoms with Crippen LogP contribution in [0, 0.1) is 19.7 Å². The molecule has 2 aromatic heterocycles. The van der Waals surface area contributed by atoms with Crippen LogP contribution in [-0.2, 0) is 17.8 Å². The van der Waals surface area contributed by atoms with Crippen molar-refractivity contribution in [2.24, 2.45) is 0 Å². The Hall–Kier alpha value is -5.47. The number of piperazine rings is 1. The average Bonchev–Trinajstić information content (AvgIpc) is 3.56. The average molecular weight is 872 g/mol. The molecule has 330 valence electrons. The van der Waals surface area contributed by atoms with Crippen molar-refractivity contribution in [3.05, 3.63) is 93.8 Å². The minimum absolute atomic E-state index is 0.00638. The number of aryl methyl sites for hydroxylation is 1. The van der Waals surface area contributed by atoms with E-state index in [1.54, 1.807) is 25.2 Å². The Kier molecular flexibility index (Phi) is 13.3. The van der Waals surface area contributed by atoms with Crippen molar-refractivity contribution in [3.63, 3.8) is 0 Å². The van der Waals surface area contributed by atoms with E-state index in [0.29, 0.717) is 68.4 Å². The number of methoxy groups -OCH3 is 2. The van der Waals surface area contributed by atoms with Crippen LogP contribution in [0.15, 0.2) is 60.7 Å². The smallest absolute Gasteiger partial charge is 0.410 e. The van der Waals surface area contributed by atoms with Crippen molar-refractivity contribution in [2.75, 3.05) is 63.9 Å². The van der Waals surface area contributed by atoms with Crippen LogP contribution in [0.2, 0.25) is 5.02 Å². The van der Waals surface area contributed by atoms with E-state index in [1.807, 2.05) is 113 Å². The third-order valence-electron chi connectivity index (χ3n) is 11.6. The third kappa shape index (κ3) is 9.92. The summed E-state index contributed by atoms with van der Waals surface area (Å²) < 4.78 is 54.7. The van der Waals surface area contributed by atoms with E-state index in [9.17, 15) is 9.18 Å². The molecule has 12 nitrogen and oxygen atoms in total. The summed E-state index contributed by atoms with van der Waals surface area (Å²) in [7, 11) is 5.12.